The van der Waals surface area contributed by atoms with Crippen molar-refractivity contribution in [2.75, 3.05) is 7.11 Å². The number of aliphatic carboxylic acids is 1. The molecule has 0 spiro atoms. The summed E-state index contributed by atoms with van der Waals surface area (Å²) >= 11 is 0. The van der Waals surface area contributed by atoms with Gasteiger partial charge >= 0.3 is 11.9 Å². The van der Waals surface area contributed by atoms with E-state index in [1.807, 2.05) is 0 Å². The van der Waals surface area contributed by atoms with Gasteiger partial charge in [-0.1, -0.05) is 6.92 Å². The zero-order valence-corrected chi connectivity index (χ0v) is 6.66. The Morgan fingerprint density at radius 1 is 1.55 bits per heavy atom. The van der Waals surface area contributed by atoms with Crippen LogP contribution < -0.4 is 0 Å². The van der Waals surface area contributed by atoms with Crippen molar-refractivity contribution in [2.24, 2.45) is 5.92 Å². The van der Waals surface area contributed by atoms with Crippen LogP contribution in [0.15, 0.2) is 0 Å². The molecule has 0 amide bonds. The van der Waals surface area contributed by atoms with E-state index in [4.69, 9.17) is 5.11 Å². The minimum absolute atomic E-state index is 0.171. The number of ether oxygens (including phenoxy) is 1. The van der Waals surface area contributed by atoms with Crippen LogP contribution in [0, 0.1) is 5.92 Å². The molecule has 4 nitrogen and oxygen atoms in total. The van der Waals surface area contributed by atoms with Crippen LogP contribution in [0.3, 0.4) is 0 Å². The van der Waals surface area contributed by atoms with Crippen molar-refractivity contribution in [1.29, 1.82) is 0 Å². The molecular formula is C7H12O4. The van der Waals surface area contributed by atoms with Crippen molar-refractivity contribution < 1.29 is 19.4 Å². The third-order valence-electron chi connectivity index (χ3n) is 1.43. The monoisotopic (exact) mass is 160 g/mol. The highest BCUT2D eigenvalue weighted by molar-refractivity contribution is 5.72. The zero-order chi connectivity index (χ0) is 8.85. The first-order valence-corrected chi connectivity index (χ1v) is 3.37. The summed E-state index contributed by atoms with van der Waals surface area (Å²) in [6.07, 6.45) is 0.506. The summed E-state index contributed by atoms with van der Waals surface area (Å²) in [6, 6.07) is 0. The maximum atomic E-state index is 10.5. The van der Waals surface area contributed by atoms with E-state index in [0.717, 1.165) is 0 Å². The SMILES string of the molecule is COC(=O)CCC(C)C(=O)O. The number of hydrogen-bond donors (Lipinski definition) is 1. The molecule has 0 rings (SSSR count). The maximum absolute atomic E-state index is 10.5. The summed E-state index contributed by atoms with van der Waals surface area (Å²) in [6.45, 7) is 1.56. The van der Waals surface area contributed by atoms with Gasteiger partial charge in [0.15, 0.2) is 0 Å². The van der Waals surface area contributed by atoms with Crippen molar-refractivity contribution in [3.8, 4) is 0 Å². The maximum Gasteiger partial charge on any atom is 0.306 e. The first kappa shape index (κ1) is 9.94. The summed E-state index contributed by atoms with van der Waals surface area (Å²) < 4.78 is 4.35. The summed E-state index contributed by atoms with van der Waals surface area (Å²) in [7, 11) is 1.29. The smallest absolute Gasteiger partial charge is 0.306 e. The quantitative estimate of drug-likeness (QED) is 0.613. The number of methoxy groups -OCH3 is 1. The summed E-state index contributed by atoms with van der Waals surface area (Å²) in [5, 5.41) is 8.42. The van der Waals surface area contributed by atoms with E-state index in [2.05, 4.69) is 4.74 Å². The second-order valence-electron chi connectivity index (χ2n) is 2.35. The highest BCUT2D eigenvalue weighted by Gasteiger charge is 2.12. The Morgan fingerprint density at radius 2 is 2.09 bits per heavy atom. The van der Waals surface area contributed by atoms with Crippen molar-refractivity contribution in [1.82, 2.24) is 0 Å². The Hall–Kier alpha value is -1.06. The lowest BCUT2D eigenvalue weighted by atomic mass is 10.1. The van der Waals surface area contributed by atoms with Gasteiger partial charge in [-0.2, -0.15) is 0 Å². The van der Waals surface area contributed by atoms with E-state index in [1.165, 1.54) is 7.11 Å². The van der Waals surface area contributed by atoms with E-state index in [9.17, 15) is 9.59 Å². The van der Waals surface area contributed by atoms with E-state index in [0.29, 0.717) is 6.42 Å². The van der Waals surface area contributed by atoms with Gasteiger partial charge < -0.3 is 9.84 Å². The molecule has 0 aliphatic heterocycles. The molecule has 0 fully saturated rings. The van der Waals surface area contributed by atoms with Gasteiger partial charge in [0.05, 0.1) is 13.0 Å². The molecule has 11 heavy (non-hydrogen) atoms. The lowest BCUT2D eigenvalue weighted by Gasteiger charge is -2.03. The fourth-order valence-corrected chi connectivity index (χ4v) is 0.560. The molecule has 1 atom stereocenters. The van der Waals surface area contributed by atoms with Gasteiger partial charge in [-0.15, -0.1) is 0 Å². The van der Waals surface area contributed by atoms with E-state index in [-0.39, 0.29) is 12.4 Å². The summed E-state index contributed by atoms with van der Waals surface area (Å²) in [5.41, 5.74) is 0. The lowest BCUT2D eigenvalue weighted by molar-refractivity contribution is -0.143. The molecule has 0 bridgehead atoms. The highest BCUT2D eigenvalue weighted by Crippen LogP contribution is 2.05. The Bertz CT molecular complexity index is 153. The molecule has 0 aliphatic rings. The van der Waals surface area contributed by atoms with Gasteiger partial charge in [-0.25, -0.2) is 0 Å². The third-order valence-corrected chi connectivity index (χ3v) is 1.43. The van der Waals surface area contributed by atoms with Crippen LogP contribution in [0.4, 0.5) is 0 Å². The largest absolute Gasteiger partial charge is 0.481 e. The third kappa shape index (κ3) is 4.36. The molecule has 0 aromatic carbocycles. The minimum Gasteiger partial charge on any atom is -0.481 e. The standard InChI is InChI=1S/C7H12O4/c1-5(7(9)10)3-4-6(8)11-2/h5H,3-4H2,1-2H3,(H,9,10). The minimum atomic E-state index is -0.881. The predicted octanol–water partition coefficient (Wildman–Crippen LogP) is 0.660. The second-order valence-corrected chi connectivity index (χ2v) is 2.35. The van der Waals surface area contributed by atoms with Gasteiger partial charge in [0, 0.05) is 6.42 Å². The van der Waals surface area contributed by atoms with Crippen LogP contribution in [-0.4, -0.2) is 24.2 Å². The molecule has 0 saturated carbocycles. The number of carbonyl (C=O) groups excluding carboxylic acids is 1. The van der Waals surface area contributed by atoms with Crippen molar-refractivity contribution >= 4 is 11.9 Å². The van der Waals surface area contributed by atoms with Crippen LogP contribution in [-0.2, 0) is 14.3 Å². The molecule has 4 heteroatoms. The average molecular weight is 160 g/mol. The Labute approximate surface area is 65.2 Å². The van der Waals surface area contributed by atoms with Gasteiger partial charge in [0.25, 0.3) is 0 Å². The van der Waals surface area contributed by atoms with Crippen LogP contribution >= 0.6 is 0 Å². The average Bonchev–Trinajstić information content (AvgIpc) is 1.99. The van der Waals surface area contributed by atoms with Crippen LogP contribution in [0.25, 0.3) is 0 Å². The van der Waals surface area contributed by atoms with Crippen LogP contribution in [0.5, 0.6) is 0 Å². The first-order chi connectivity index (χ1) is 5.07. The Kier molecular flexibility index (Phi) is 4.26. The van der Waals surface area contributed by atoms with Crippen molar-refractivity contribution in [3.05, 3.63) is 0 Å². The van der Waals surface area contributed by atoms with Crippen molar-refractivity contribution in [2.45, 2.75) is 19.8 Å². The molecule has 1 N–H and O–H groups in total. The van der Waals surface area contributed by atoms with Gasteiger partial charge in [0.2, 0.25) is 0 Å². The Morgan fingerprint density at radius 3 is 2.45 bits per heavy atom. The molecule has 0 aromatic rings. The van der Waals surface area contributed by atoms with Crippen LogP contribution in [0.1, 0.15) is 19.8 Å². The normalized spacial score (nSPS) is 12.2. The molecular weight excluding hydrogens is 148 g/mol. The molecule has 0 aliphatic carbocycles. The fraction of sp³-hybridized carbons (Fsp3) is 0.714. The Balaban J connectivity index is 3.54. The molecule has 0 heterocycles. The van der Waals surface area contributed by atoms with E-state index < -0.39 is 11.9 Å². The van der Waals surface area contributed by atoms with E-state index >= 15 is 0 Å². The summed E-state index contributed by atoms with van der Waals surface area (Å²) in [4.78, 5) is 20.8. The van der Waals surface area contributed by atoms with Gasteiger partial charge in [0.1, 0.15) is 0 Å². The van der Waals surface area contributed by atoms with Gasteiger partial charge in [-0.05, 0) is 6.42 Å². The fourth-order valence-electron chi connectivity index (χ4n) is 0.560. The topological polar surface area (TPSA) is 63.6 Å². The number of carboxylic acids is 1. The van der Waals surface area contributed by atoms with Crippen molar-refractivity contribution in [3.63, 3.8) is 0 Å². The number of hydrogen-bond acceptors (Lipinski definition) is 3. The predicted molar refractivity (Wildman–Crippen MR) is 38.0 cm³/mol. The zero-order valence-electron chi connectivity index (χ0n) is 6.66. The molecule has 64 valence electrons. The number of rotatable bonds is 4. The number of esters is 1. The van der Waals surface area contributed by atoms with E-state index in [1.54, 1.807) is 6.92 Å². The lowest BCUT2D eigenvalue weighted by Crippen LogP contribution is -2.11. The molecule has 1 unspecified atom stereocenters. The number of carbonyl (C=O) groups is 2. The number of carboxylic acid groups (broad SMARTS) is 1. The summed E-state index contributed by atoms with van der Waals surface area (Å²) in [5.74, 6) is -1.72. The van der Waals surface area contributed by atoms with Crippen LogP contribution in [0.2, 0.25) is 0 Å². The van der Waals surface area contributed by atoms with Gasteiger partial charge in [-0.3, -0.25) is 9.59 Å². The first-order valence-electron chi connectivity index (χ1n) is 3.37. The molecule has 0 aromatic heterocycles. The second kappa shape index (κ2) is 4.71. The molecule has 0 saturated heterocycles. The molecule has 0 radical (unpaired) electrons. The highest BCUT2D eigenvalue weighted by atomic mass is 16.5.